The topological polar surface area (TPSA) is 19.4 Å². The van der Waals surface area contributed by atoms with Crippen LogP contribution in [0.1, 0.15) is 56.2 Å². The first kappa shape index (κ1) is 13.9. The molecule has 2 aliphatic heterocycles. The minimum absolute atomic E-state index is 0.607. The summed E-state index contributed by atoms with van der Waals surface area (Å²) in [4.78, 5) is 9.82. The second-order valence-corrected chi connectivity index (χ2v) is 6.29. The highest BCUT2D eigenvalue weighted by molar-refractivity contribution is 5.45. The third kappa shape index (κ3) is 2.69. The van der Waals surface area contributed by atoms with Crippen molar-refractivity contribution in [3.8, 4) is 0 Å². The quantitative estimate of drug-likeness (QED) is 0.836. The molecule has 2 fully saturated rings. The Labute approximate surface area is 123 Å². The number of nitrogens with zero attached hydrogens (tertiary/aromatic N) is 3. The molecule has 0 aliphatic carbocycles. The molecule has 3 rings (SSSR count). The second-order valence-electron chi connectivity index (χ2n) is 6.29. The summed E-state index contributed by atoms with van der Waals surface area (Å²) in [6, 6.07) is 2.92. The van der Waals surface area contributed by atoms with Gasteiger partial charge in [-0.1, -0.05) is 6.92 Å². The Balaban J connectivity index is 1.79. The number of rotatable bonds is 4. The molecule has 0 spiro atoms. The van der Waals surface area contributed by atoms with Crippen molar-refractivity contribution in [3.05, 3.63) is 23.4 Å². The molecule has 3 heterocycles. The van der Waals surface area contributed by atoms with Gasteiger partial charge in [0.15, 0.2) is 0 Å². The van der Waals surface area contributed by atoms with Gasteiger partial charge in [0.05, 0.1) is 0 Å². The molecule has 20 heavy (non-hydrogen) atoms. The molecule has 0 amide bonds. The number of pyridine rings is 1. The Kier molecular flexibility index (Phi) is 4.25. The zero-order valence-corrected chi connectivity index (χ0v) is 12.9. The highest BCUT2D eigenvalue weighted by atomic mass is 15.2. The van der Waals surface area contributed by atoms with E-state index in [4.69, 9.17) is 4.98 Å². The zero-order valence-electron chi connectivity index (χ0n) is 12.9. The zero-order chi connectivity index (χ0) is 13.9. The highest BCUT2D eigenvalue weighted by Gasteiger charge is 2.27. The molecule has 0 bridgehead atoms. The fourth-order valence-corrected chi connectivity index (χ4v) is 3.75. The molecule has 3 nitrogen and oxygen atoms in total. The molecule has 1 atom stereocenters. The lowest BCUT2D eigenvalue weighted by molar-refractivity contribution is 0.257. The van der Waals surface area contributed by atoms with Gasteiger partial charge in [0.25, 0.3) is 0 Å². The van der Waals surface area contributed by atoms with E-state index in [1.54, 1.807) is 0 Å². The van der Waals surface area contributed by atoms with E-state index in [-0.39, 0.29) is 0 Å². The van der Waals surface area contributed by atoms with Gasteiger partial charge in [-0.25, -0.2) is 4.98 Å². The molecular weight excluding hydrogens is 246 g/mol. The first-order valence-electron chi connectivity index (χ1n) is 8.25. The van der Waals surface area contributed by atoms with Gasteiger partial charge in [-0.3, -0.25) is 4.90 Å². The Hall–Kier alpha value is -1.09. The van der Waals surface area contributed by atoms with Crippen molar-refractivity contribution in [2.75, 3.05) is 31.1 Å². The standard InChI is InChI=1S/C17H27N3/c1-3-8-19-11-6-7-16(19)15-13-18-17(12-14(15)2)20-9-4-5-10-20/h12-13,16H,3-11H2,1-2H3/t16-/m0/s1. The Bertz CT molecular complexity index is 452. The van der Waals surface area contributed by atoms with Crippen molar-refractivity contribution in [1.29, 1.82) is 0 Å². The summed E-state index contributed by atoms with van der Waals surface area (Å²) >= 11 is 0. The van der Waals surface area contributed by atoms with Crippen LogP contribution in [0.3, 0.4) is 0 Å². The van der Waals surface area contributed by atoms with Gasteiger partial charge in [-0.2, -0.15) is 0 Å². The van der Waals surface area contributed by atoms with Crippen molar-refractivity contribution >= 4 is 5.82 Å². The SMILES string of the molecule is CCCN1CCC[C@H]1c1cnc(N2CCCC2)cc1C. The van der Waals surface area contributed by atoms with E-state index in [0.717, 1.165) is 0 Å². The van der Waals surface area contributed by atoms with Gasteiger partial charge in [0.2, 0.25) is 0 Å². The maximum absolute atomic E-state index is 4.76. The van der Waals surface area contributed by atoms with Gasteiger partial charge in [-0.05, 0) is 69.3 Å². The normalized spacial score (nSPS) is 23.7. The molecular formula is C17H27N3. The average Bonchev–Trinajstić information content (AvgIpc) is 3.10. The monoisotopic (exact) mass is 273 g/mol. The fourth-order valence-electron chi connectivity index (χ4n) is 3.75. The van der Waals surface area contributed by atoms with Crippen molar-refractivity contribution in [2.24, 2.45) is 0 Å². The summed E-state index contributed by atoms with van der Waals surface area (Å²) < 4.78 is 0. The largest absolute Gasteiger partial charge is 0.357 e. The van der Waals surface area contributed by atoms with Gasteiger partial charge in [0.1, 0.15) is 5.82 Å². The molecule has 110 valence electrons. The molecule has 3 heteroatoms. The van der Waals surface area contributed by atoms with E-state index in [1.807, 2.05) is 0 Å². The molecule has 0 unspecified atom stereocenters. The van der Waals surface area contributed by atoms with Crippen LogP contribution in [0.4, 0.5) is 5.82 Å². The fraction of sp³-hybridized carbons (Fsp3) is 0.706. The van der Waals surface area contributed by atoms with Crippen molar-refractivity contribution in [1.82, 2.24) is 9.88 Å². The lowest BCUT2D eigenvalue weighted by atomic mass is 10.0. The first-order chi connectivity index (χ1) is 9.79. The Morgan fingerprint density at radius 3 is 2.70 bits per heavy atom. The minimum Gasteiger partial charge on any atom is -0.357 e. The van der Waals surface area contributed by atoms with Gasteiger partial charge in [-0.15, -0.1) is 0 Å². The predicted molar refractivity (Wildman–Crippen MR) is 84.3 cm³/mol. The second kappa shape index (κ2) is 6.13. The number of anilines is 1. The van der Waals surface area contributed by atoms with Gasteiger partial charge < -0.3 is 4.90 Å². The average molecular weight is 273 g/mol. The number of aromatic nitrogens is 1. The molecule has 1 aromatic rings. The van der Waals surface area contributed by atoms with E-state index in [1.165, 1.54) is 75.2 Å². The van der Waals surface area contributed by atoms with Crippen molar-refractivity contribution in [2.45, 2.75) is 52.0 Å². The van der Waals surface area contributed by atoms with Crippen LogP contribution in [0.5, 0.6) is 0 Å². The van der Waals surface area contributed by atoms with Gasteiger partial charge >= 0.3 is 0 Å². The Morgan fingerprint density at radius 2 is 2.00 bits per heavy atom. The van der Waals surface area contributed by atoms with Crippen LogP contribution in [-0.4, -0.2) is 36.1 Å². The molecule has 2 saturated heterocycles. The maximum atomic E-state index is 4.76. The number of likely N-dealkylation sites (tertiary alicyclic amines) is 1. The third-order valence-corrected chi connectivity index (χ3v) is 4.80. The molecule has 2 aliphatic rings. The lowest BCUT2D eigenvalue weighted by Gasteiger charge is -2.26. The molecule has 0 N–H and O–H groups in total. The summed E-state index contributed by atoms with van der Waals surface area (Å²) in [7, 11) is 0. The van der Waals surface area contributed by atoms with Crippen LogP contribution in [0.2, 0.25) is 0 Å². The van der Waals surface area contributed by atoms with E-state index < -0.39 is 0 Å². The molecule has 0 aromatic carbocycles. The van der Waals surface area contributed by atoms with Crippen molar-refractivity contribution in [3.63, 3.8) is 0 Å². The number of hydrogen-bond acceptors (Lipinski definition) is 3. The summed E-state index contributed by atoms with van der Waals surface area (Å²) in [6.07, 6.45) is 8.66. The van der Waals surface area contributed by atoms with E-state index in [9.17, 15) is 0 Å². The van der Waals surface area contributed by atoms with E-state index in [2.05, 4.69) is 35.9 Å². The summed E-state index contributed by atoms with van der Waals surface area (Å²) in [5.41, 5.74) is 2.88. The predicted octanol–water partition coefficient (Wildman–Crippen LogP) is 3.54. The first-order valence-corrected chi connectivity index (χ1v) is 8.25. The smallest absolute Gasteiger partial charge is 0.128 e. The molecule has 1 aromatic heterocycles. The highest BCUT2D eigenvalue weighted by Crippen LogP contribution is 2.34. The van der Waals surface area contributed by atoms with E-state index in [0.29, 0.717) is 6.04 Å². The van der Waals surface area contributed by atoms with Gasteiger partial charge in [0, 0.05) is 25.3 Å². The van der Waals surface area contributed by atoms with Crippen LogP contribution in [0, 0.1) is 6.92 Å². The van der Waals surface area contributed by atoms with Crippen LogP contribution < -0.4 is 4.90 Å². The molecule has 0 radical (unpaired) electrons. The van der Waals surface area contributed by atoms with Crippen LogP contribution in [0.25, 0.3) is 0 Å². The van der Waals surface area contributed by atoms with Crippen LogP contribution in [-0.2, 0) is 0 Å². The summed E-state index contributed by atoms with van der Waals surface area (Å²) in [5, 5.41) is 0. The van der Waals surface area contributed by atoms with E-state index >= 15 is 0 Å². The Morgan fingerprint density at radius 1 is 1.20 bits per heavy atom. The number of hydrogen-bond donors (Lipinski definition) is 0. The molecule has 0 saturated carbocycles. The lowest BCUT2D eigenvalue weighted by Crippen LogP contribution is -2.25. The summed E-state index contributed by atoms with van der Waals surface area (Å²) in [5.74, 6) is 1.18. The summed E-state index contributed by atoms with van der Waals surface area (Å²) in [6.45, 7) is 9.37. The van der Waals surface area contributed by atoms with Crippen molar-refractivity contribution < 1.29 is 0 Å². The van der Waals surface area contributed by atoms with Crippen LogP contribution in [0.15, 0.2) is 12.3 Å². The maximum Gasteiger partial charge on any atom is 0.128 e. The number of aryl methyl sites for hydroxylation is 1. The van der Waals surface area contributed by atoms with Crippen LogP contribution >= 0.6 is 0 Å². The third-order valence-electron chi connectivity index (χ3n) is 4.80. The minimum atomic E-state index is 0.607.